The molecule has 1 aliphatic heterocycles. The van der Waals surface area contributed by atoms with E-state index < -0.39 is 0 Å². The van der Waals surface area contributed by atoms with Crippen molar-refractivity contribution in [3.8, 4) is 0 Å². The summed E-state index contributed by atoms with van der Waals surface area (Å²) in [4.78, 5) is 23.5. The molecule has 1 aliphatic rings. The molecule has 0 saturated carbocycles. The summed E-state index contributed by atoms with van der Waals surface area (Å²) in [5.74, 6) is 2.56. The van der Waals surface area contributed by atoms with E-state index in [0.717, 1.165) is 37.0 Å². The molecule has 0 unspecified atom stereocenters. The molecule has 2 aromatic rings. The molecule has 0 bridgehead atoms. The van der Waals surface area contributed by atoms with Gasteiger partial charge >= 0.3 is 5.97 Å². The van der Waals surface area contributed by atoms with Crippen LogP contribution in [0.2, 0.25) is 0 Å². The number of rotatable bonds is 7. The van der Waals surface area contributed by atoms with Gasteiger partial charge in [-0.05, 0) is 35.6 Å². The summed E-state index contributed by atoms with van der Waals surface area (Å²) in [7, 11) is 1.40. The molecule has 0 aliphatic carbocycles. The molecule has 1 atom stereocenters. The van der Waals surface area contributed by atoms with Crippen LogP contribution in [0.3, 0.4) is 0 Å². The highest BCUT2D eigenvalue weighted by Crippen LogP contribution is 2.27. The lowest BCUT2D eigenvalue weighted by molar-refractivity contribution is 0.0600. The Bertz CT molecular complexity index is 898. The number of aliphatic hydroxyl groups excluding tert-OH is 1. The SMILES string of the molecule is COC(=O)c1ccc2c(c1)CCN(c1cc(N[C@H](CO)C(C)C)nc(C(C)C)n1)C2. The van der Waals surface area contributed by atoms with Crippen LogP contribution in [-0.4, -0.2) is 47.3 Å². The van der Waals surface area contributed by atoms with Gasteiger partial charge in [0.2, 0.25) is 0 Å². The molecule has 0 amide bonds. The first-order chi connectivity index (χ1) is 14.3. The summed E-state index contributed by atoms with van der Waals surface area (Å²) in [6.07, 6.45) is 0.829. The maximum atomic E-state index is 11.8. The number of nitrogens with one attached hydrogen (secondary N) is 1. The zero-order valence-electron chi connectivity index (χ0n) is 18.5. The van der Waals surface area contributed by atoms with E-state index in [-0.39, 0.29) is 30.5 Å². The minimum atomic E-state index is -0.308. The third-order valence-electron chi connectivity index (χ3n) is 5.54. The second-order valence-corrected chi connectivity index (χ2v) is 8.45. The monoisotopic (exact) mass is 412 g/mol. The fraction of sp³-hybridized carbons (Fsp3) is 0.522. The summed E-state index contributed by atoms with van der Waals surface area (Å²) < 4.78 is 4.83. The molecule has 1 aromatic heterocycles. The second kappa shape index (κ2) is 9.43. The van der Waals surface area contributed by atoms with Crippen molar-refractivity contribution in [2.75, 3.05) is 30.5 Å². The predicted octanol–water partition coefficient (Wildman–Crippen LogP) is 3.38. The Morgan fingerprint density at radius 1 is 1.20 bits per heavy atom. The van der Waals surface area contributed by atoms with Crippen molar-refractivity contribution >= 4 is 17.6 Å². The number of aromatic nitrogens is 2. The van der Waals surface area contributed by atoms with Gasteiger partial charge in [-0.15, -0.1) is 0 Å². The molecule has 3 rings (SSSR count). The van der Waals surface area contributed by atoms with Gasteiger partial charge in [0.1, 0.15) is 17.5 Å². The van der Waals surface area contributed by atoms with Crippen molar-refractivity contribution in [2.45, 2.75) is 52.6 Å². The highest BCUT2D eigenvalue weighted by Gasteiger charge is 2.22. The van der Waals surface area contributed by atoms with Crippen LogP contribution >= 0.6 is 0 Å². The summed E-state index contributed by atoms with van der Waals surface area (Å²) in [5.41, 5.74) is 2.94. The number of esters is 1. The summed E-state index contributed by atoms with van der Waals surface area (Å²) in [6.45, 7) is 9.88. The normalized spacial score (nSPS) is 14.6. The average molecular weight is 413 g/mol. The molecular weight excluding hydrogens is 380 g/mol. The van der Waals surface area contributed by atoms with Crippen molar-refractivity contribution in [1.82, 2.24) is 9.97 Å². The highest BCUT2D eigenvalue weighted by atomic mass is 16.5. The Kier molecular flexibility index (Phi) is 6.92. The van der Waals surface area contributed by atoms with E-state index in [1.807, 2.05) is 24.3 Å². The second-order valence-electron chi connectivity index (χ2n) is 8.45. The van der Waals surface area contributed by atoms with Gasteiger partial charge in [0.15, 0.2) is 0 Å². The average Bonchev–Trinajstić information content (AvgIpc) is 2.75. The largest absolute Gasteiger partial charge is 0.465 e. The Labute approximate surface area is 178 Å². The molecule has 2 N–H and O–H groups in total. The number of hydrogen-bond donors (Lipinski definition) is 2. The van der Waals surface area contributed by atoms with Crippen molar-refractivity contribution < 1.29 is 14.6 Å². The fourth-order valence-electron chi connectivity index (χ4n) is 3.55. The lowest BCUT2D eigenvalue weighted by Crippen LogP contribution is -2.33. The van der Waals surface area contributed by atoms with Gasteiger partial charge in [0, 0.05) is 25.1 Å². The Morgan fingerprint density at radius 2 is 1.97 bits per heavy atom. The Morgan fingerprint density at radius 3 is 2.60 bits per heavy atom. The summed E-state index contributed by atoms with van der Waals surface area (Å²) in [5, 5.41) is 13.1. The van der Waals surface area contributed by atoms with Gasteiger partial charge in [0.25, 0.3) is 0 Å². The minimum Gasteiger partial charge on any atom is -0.465 e. The topological polar surface area (TPSA) is 87.6 Å². The Balaban J connectivity index is 1.87. The van der Waals surface area contributed by atoms with Crippen LogP contribution in [0, 0.1) is 5.92 Å². The van der Waals surface area contributed by atoms with Gasteiger partial charge < -0.3 is 20.1 Å². The number of aliphatic hydroxyl groups is 1. The molecular formula is C23H32N4O3. The molecule has 2 heterocycles. The van der Waals surface area contributed by atoms with E-state index in [4.69, 9.17) is 9.72 Å². The smallest absolute Gasteiger partial charge is 0.337 e. The zero-order chi connectivity index (χ0) is 21.8. The Hall–Kier alpha value is -2.67. The summed E-state index contributed by atoms with van der Waals surface area (Å²) in [6, 6.07) is 7.64. The number of nitrogens with zero attached hydrogens (tertiary/aromatic N) is 3. The zero-order valence-corrected chi connectivity index (χ0v) is 18.5. The number of hydrogen-bond acceptors (Lipinski definition) is 7. The predicted molar refractivity (Wildman–Crippen MR) is 118 cm³/mol. The van der Waals surface area contributed by atoms with Gasteiger partial charge in [0.05, 0.1) is 25.3 Å². The van der Waals surface area contributed by atoms with Crippen LogP contribution in [0.1, 0.15) is 60.9 Å². The van der Waals surface area contributed by atoms with E-state index in [0.29, 0.717) is 5.56 Å². The maximum Gasteiger partial charge on any atom is 0.337 e. The third kappa shape index (κ3) is 4.90. The van der Waals surface area contributed by atoms with Crippen LogP contribution in [0.5, 0.6) is 0 Å². The maximum absolute atomic E-state index is 11.8. The lowest BCUT2D eigenvalue weighted by Gasteiger charge is -2.31. The first-order valence-electron chi connectivity index (χ1n) is 10.5. The van der Waals surface area contributed by atoms with Gasteiger partial charge in [-0.1, -0.05) is 33.8 Å². The van der Waals surface area contributed by atoms with Gasteiger partial charge in [-0.2, -0.15) is 0 Å². The van der Waals surface area contributed by atoms with Crippen LogP contribution in [0.15, 0.2) is 24.3 Å². The van der Waals surface area contributed by atoms with Crippen LogP contribution in [-0.2, 0) is 17.7 Å². The van der Waals surface area contributed by atoms with E-state index in [2.05, 4.69) is 42.9 Å². The van der Waals surface area contributed by atoms with Gasteiger partial charge in [-0.3, -0.25) is 0 Å². The standard InChI is InChI=1S/C23H32N4O3/c1-14(2)19(13-28)24-20-11-21(26-22(25-20)15(3)4)27-9-8-16-10-17(23(29)30-5)6-7-18(16)12-27/h6-7,10-11,14-15,19,28H,8-9,12-13H2,1-5H3,(H,24,25,26)/t19-/m1/s1. The first-order valence-corrected chi connectivity index (χ1v) is 10.5. The molecule has 0 saturated heterocycles. The quantitative estimate of drug-likeness (QED) is 0.674. The number of anilines is 2. The van der Waals surface area contributed by atoms with Crippen LogP contribution < -0.4 is 10.2 Å². The van der Waals surface area contributed by atoms with E-state index in [1.54, 1.807) is 0 Å². The number of ether oxygens (including phenoxy) is 1. The third-order valence-corrected chi connectivity index (χ3v) is 5.54. The molecule has 30 heavy (non-hydrogen) atoms. The van der Waals surface area contributed by atoms with Crippen molar-refractivity contribution in [3.05, 3.63) is 46.8 Å². The molecule has 162 valence electrons. The van der Waals surface area contributed by atoms with Crippen molar-refractivity contribution in [2.24, 2.45) is 5.92 Å². The number of benzene rings is 1. The first kappa shape index (κ1) is 22.0. The fourth-order valence-corrected chi connectivity index (χ4v) is 3.55. The van der Waals surface area contributed by atoms with Gasteiger partial charge in [-0.25, -0.2) is 14.8 Å². The number of methoxy groups -OCH3 is 1. The van der Waals surface area contributed by atoms with Crippen molar-refractivity contribution in [3.63, 3.8) is 0 Å². The minimum absolute atomic E-state index is 0.0492. The lowest BCUT2D eigenvalue weighted by atomic mass is 9.97. The van der Waals surface area contributed by atoms with E-state index in [1.165, 1.54) is 18.2 Å². The molecule has 1 aromatic carbocycles. The van der Waals surface area contributed by atoms with Crippen LogP contribution in [0.4, 0.5) is 11.6 Å². The molecule has 0 fully saturated rings. The van der Waals surface area contributed by atoms with Crippen LogP contribution in [0.25, 0.3) is 0 Å². The molecule has 7 nitrogen and oxygen atoms in total. The molecule has 7 heteroatoms. The number of carbonyl (C=O) groups is 1. The molecule has 0 radical (unpaired) electrons. The van der Waals surface area contributed by atoms with E-state index >= 15 is 0 Å². The number of fused-ring (bicyclic) bond motifs is 1. The highest BCUT2D eigenvalue weighted by molar-refractivity contribution is 5.89. The van der Waals surface area contributed by atoms with E-state index in [9.17, 15) is 9.90 Å². The molecule has 0 spiro atoms. The van der Waals surface area contributed by atoms with Crippen molar-refractivity contribution in [1.29, 1.82) is 0 Å². The summed E-state index contributed by atoms with van der Waals surface area (Å²) >= 11 is 0. The number of carbonyl (C=O) groups excluding carboxylic acids is 1.